The van der Waals surface area contributed by atoms with E-state index in [4.69, 9.17) is 4.74 Å². The smallest absolute Gasteiger partial charge is 0.234 e. The number of methoxy groups -OCH3 is 1. The Labute approximate surface area is 74.1 Å². The summed E-state index contributed by atoms with van der Waals surface area (Å²) < 4.78 is 4.78. The normalized spacial score (nSPS) is 7.50. The van der Waals surface area contributed by atoms with Crippen LogP contribution in [-0.2, 0) is 9.53 Å². The van der Waals surface area contributed by atoms with Gasteiger partial charge in [0.1, 0.15) is 0 Å². The first-order valence-corrected chi connectivity index (χ1v) is 3.93. The van der Waals surface area contributed by atoms with Crippen molar-refractivity contribution < 1.29 is 9.53 Å². The first kappa shape index (κ1) is 13.7. The van der Waals surface area contributed by atoms with Crippen molar-refractivity contribution in [1.82, 2.24) is 0 Å². The molecule has 0 aromatic rings. The van der Waals surface area contributed by atoms with Crippen LogP contribution in [0.2, 0.25) is 0 Å². The zero-order chi connectivity index (χ0) is 9.66. The van der Waals surface area contributed by atoms with Crippen LogP contribution < -0.4 is 0 Å². The van der Waals surface area contributed by atoms with Gasteiger partial charge in [0.15, 0.2) is 0 Å². The Morgan fingerprint density at radius 3 is 2.58 bits per heavy atom. The molecule has 0 rings (SSSR count). The van der Waals surface area contributed by atoms with Crippen LogP contribution in [0.5, 0.6) is 0 Å². The van der Waals surface area contributed by atoms with Gasteiger partial charge in [0.05, 0.1) is 6.54 Å². The topological polar surface area (TPSA) is 38.7 Å². The average molecular weight is 171 g/mol. The molecular weight excluding hydrogens is 154 g/mol. The van der Waals surface area contributed by atoms with Gasteiger partial charge in [-0.2, -0.15) is 0 Å². The van der Waals surface area contributed by atoms with E-state index >= 15 is 0 Å². The van der Waals surface area contributed by atoms with E-state index in [2.05, 4.69) is 11.6 Å². The SMILES string of the molecule is C=CC.COCCCCN=C=O. The molecule has 0 spiro atoms. The molecule has 70 valence electrons. The molecule has 3 heteroatoms. The average Bonchev–Trinajstić information content (AvgIpc) is 2.06. The van der Waals surface area contributed by atoms with E-state index in [-0.39, 0.29) is 0 Å². The summed E-state index contributed by atoms with van der Waals surface area (Å²) in [6, 6.07) is 0. The lowest BCUT2D eigenvalue weighted by atomic mass is 10.3. The lowest BCUT2D eigenvalue weighted by Crippen LogP contribution is -1.89. The first-order chi connectivity index (χ1) is 5.83. The minimum Gasteiger partial charge on any atom is -0.385 e. The molecule has 0 saturated carbocycles. The molecule has 0 aliphatic rings. The maximum absolute atomic E-state index is 9.51. The second kappa shape index (κ2) is 16.6. The second-order valence-corrected chi connectivity index (χ2v) is 2.08. The summed E-state index contributed by atoms with van der Waals surface area (Å²) in [5.41, 5.74) is 0. The minimum absolute atomic E-state index is 0.576. The van der Waals surface area contributed by atoms with Crippen molar-refractivity contribution in [3.05, 3.63) is 12.7 Å². The van der Waals surface area contributed by atoms with E-state index in [0.717, 1.165) is 19.4 Å². The van der Waals surface area contributed by atoms with E-state index in [9.17, 15) is 4.79 Å². The van der Waals surface area contributed by atoms with Crippen LogP contribution >= 0.6 is 0 Å². The number of hydrogen-bond acceptors (Lipinski definition) is 3. The van der Waals surface area contributed by atoms with Crippen molar-refractivity contribution in [3.63, 3.8) is 0 Å². The Bertz CT molecular complexity index is 128. The molecule has 0 radical (unpaired) electrons. The standard InChI is InChI=1S/C6H11NO2.C3H6/c1-9-5-3-2-4-7-6-8;1-3-2/h2-5H2,1H3;3H,1H2,2H3. The molecule has 0 N–H and O–H groups in total. The number of aliphatic imine (C=N–C) groups is 1. The number of hydrogen-bond donors (Lipinski definition) is 0. The molecule has 0 heterocycles. The molecule has 12 heavy (non-hydrogen) atoms. The van der Waals surface area contributed by atoms with Gasteiger partial charge in [-0.05, 0) is 19.8 Å². The predicted molar refractivity (Wildman–Crippen MR) is 50.0 cm³/mol. The van der Waals surface area contributed by atoms with E-state index < -0.39 is 0 Å². The maximum atomic E-state index is 9.51. The number of nitrogens with zero attached hydrogens (tertiary/aromatic N) is 1. The second-order valence-electron chi connectivity index (χ2n) is 2.08. The highest BCUT2D eigenvalue weighted by Crippen LogP contribution is 1.87. The number of isocyanates is 1. The number of allylic oxidation sites excluding steroid dienone is 1. The zero-order valence-corrected chi connectivity index (χ0v) is 7.88. The summed E-state index contributed by atoms with van der Waals surface area (Å²) in [6.07, 6.45) is 5.09. The van der Waals surface area contributed by atoms with Crippen LogP contribution in [0.3, 0.4) is 0 Å². The van der Waals surface area contributed by atoms with Crippen molar-refractivity contribution >= 4 is 6.08 Å². The fourth-order valence-electron chi connectivity index (χ4n) is 0.483. The number of unbranched alkanes of at least 4 members (excludes halogenated alkanes) is 1. The van der Waals surface area contributed by atoms with E-state index in [1.807, 2.05) is 6.92 Å². The van der Waals surface area contributed by atoms with Gasteiger partial charge in [-0.25, -0.2) is 9.79 Å². The van der Waals surface area contributed by atoms with Crippen LogP contribution in [0.15, 0.2) is 17.6 Å². The quantitative estimate of drug-likeness (QED) is 0.274. The van der Waals surface area contributed by atoms with Crippen molar-refractivity contribution in [2.24, 2.45) is 4.99 Å². The largest absolute Gasteiger partial charge is 0.385 e. The lowest BCUT2D eigenvalue weighted by molar-refractivity contribution is 0.193. The number of carbonyl (C=O) groups excluding carboxylic acids is 1. The van der Waals surface area contributed by atoms with Crippen molar-refractivity contribution in [1.29, 1.82) is 0 Å². The molecule has 0 aromatic carbocycles. The summed E-state index contributed by atoms with van der Waals surface area (Å²) in [7, 11) is 1.66. The van der Waals surface area contributed by atoms with Crippen molar-refractivity contribution in [3.8, 4) is 0 Å². The molecule has 0 saturated heterocycles. The third-order valence-corrected chi connectivity index (χ3v) is 0.933. The van der Waals surface area contributed by atoms with Gasteiger partial charge in [-0.3, -0.25) is 0 Å². The Hall–Kier alpha value is -0.920. The molecule has 0 aromatic heterocycles. The summed E-state index contributed by atoms with van der Waals surface area (Å²) >= 11 is 0. The molecule has 0 aliphatic carbocycles. The lowest BCUT2D eigenvalue weighted by Gasteiger charge is -1.92. The van der Waals surface area contributed by atoms with Crippen LogP contribution in [0.4, 0.5) is 0 Å². The molecule has 0 bridgehead atoms. The molecule has 0 unspecified atom stereocenters. The predicted octanol–water partition coefficient (Wildman–Crippen LogP) is 1.94. The number of ether oxygens (including phenoxy) is 1. The van der Waals surface area contributed by atoms with Gasteiger partial charge in [0.2, 0.25) is 6.08 Å². The van der Waals surface area contributed by atoms with Crippen LogP contribution in [-0.4, -0.2) is 26.3 Å². The molecular formula is C9H17NO2. The van der Waals surface area contributed by atoms with E-state index in [1.54, 1.807) is 13.2 Å². The number of rotatable bonds is 5. The maximum Gasteiger partial charge on any atom is 0.234 e. The van der Waals surface area contributed by atoms with Crippen LogP contribution in [0, 0.1) is 0 Å². The first-order valence-electron chi connectivity index (χ1n) is 3.93. The third kappa shape index (κ3) is 23.0. The van der Waals surface area contributed by atoms with Crippen LogP contribution in [0.1, 0.15) is 19.8 Å². The highest BCUT2D eigenvalue weighted by Gasteiger charge is 1.83. The highest BCUT2D eigenvalue weighted by atomic mass is 16.5. The van der Waals surface area contributed by atoms with E-state index in [1.165, 1.54) is 6.08 Å². The van der Waals surface area contributed by atoms with Crippen LogP contribution in [0.25, 0.3) is 0 Å². The van der Waals surface area contributed by atoms with Gasteiger partial charge in [0, 0.05) is 13.7 Å². The fraction of sp³-hybridized carbons (Fsp3) is 0.667. The Morgan fingerprint density at radius 2 is 2.17 bits per heavy atom. The fourth-order valence-corrected chi connectivity index (χ4v) is 0.483. The molecule has 0 aliphatic heterocycles. The van der Waals surface area contributed by atoms with Gasteiger partial charge < -0.3 is 4.74 Å². The monoisotopic (exact) mass is 171 g/mol. The zero-order valence-electron chi connectivity index (χ0n) is 7.88. The van der Waals surface area contributed by atoms with E-state index in [0.29, 0.717) is 6.54 Å². The van der Waals surface area contributed by atoms with Gasteiger partial charge in [-0.15, -0.1) is 6.58 Å². The third-order valence-electron chi connectivity index (χ3n) is 0.933. The molecule has 3 nitrogen and oxygen atoms in total. The summed E-state index contributed by atoms with van der Waals surface area (Å²) in [4.78, 5) is 12.9. The Balaban J connectivity index is 0. The Morgan fingerprint density at radius 1 is 1.58 bits per heavy atom. The Kier molecular flexibility index (Phi) is 18.9. The minimum atomic E-state index is 0.576. The molecule has 0 amide bonds. The van der Waals surface area contributed by atoms with Gasteiger partial charge >= 0.3 is 0 Å². The summed E-state index contributed by atoms with van der Waals surface area (Å²) in [5.74, 6) is 0. The van der Waals surface area contributed by atoms with Crippen molar-refractivity contribution in [2.45, 2.75) is 19.8 Å². The van der Waals surface area contributed by atoms with Gasteiger partial charge in [0.25, 0.3) is 0 Å². The highest BCUT2D eigenvalue weighted by molar-refractivity contribution is 5.32. The van der Waals surface area contributed by atoms with Gasteiger partial charge in [-0.1, -0.05) is 6.08 Å². The summed E-state index contributed by atoms with van der Waals surface area (Å²) in [5, 5.41) is 0. The van der Waals surface area contributed by atoms with Crippen molar-refractivity contribution in [2.75, 3.05) is 20.3 Å². The molecule has 0 fully saturated rings. The summed E-state index contributed by atoms with van der Waals surface area (Å²) in [6.45, 7) is 6.57. The molecule has 0 atom stereocenters.